The second kappa shape index (κ2) is 13.3. The van der Waals surface area contributed by atoms with Crippen LogP contribution in [0.3, 0.4) is 0 Å². The minimum Gasteiger partial charge on any atom is -0.785 e. The van der Waals surface area contributed by atoms with Crippen LogP contribution in [0.4, 0.5) is 8.78 Å². The Hall–Kier alpha value is -4.75. The number of benzene rings is 2. The fourth-order valence-electron chi connectivity index (χ4n) is 8.65. The van der Waals surface area contributed by atoms with E-state index in [1.165, 1.54) is 22.5 Å². The van der Waals surface area contributed by atoms with Gasteiger partial charge in [0.25, 0.3) is 0 Å². The molecule has 5 atom stereocenters. The van der Waals surface area contributed by atoms with Crippen molar-refractivity contribution < 1.29 is 23.0 Å². The Labute approximate surface area is 309 Å². The molecule has 12 heteroatoms. The average Bonchev–Trinajstić information content (AvgIpc) is 3.86. The van der Waals surface area contributed by atoms with Crippen LogP contribution in [-0.2, 0) is 11.8 Å². The van der Waals surface area contributed by atoms with E-state index in [-0.39, 0.29) is 55.2 Å². The van der Waals surface area contributed by atoms with Crippen LogP contribution in [0.15, 0.2) is 77.8 Å². The van der Waals surface area contributed by atoms with Gasteiger partial charge in [-0.3, -0.25) is 9.67 Å². The highest BCUT2D eigenvalue weighted by Gasteiger charge is 2.49. The van der Waals surface area contributed by atoms with Crippen molar-refractivity contribution in [1.82, 2.24) is 19.8 Å². The molecule has 2 fully saturated rings. The zero-order chi connectivity index (χ0) is 36.4. The van der Waals surface area contributed by atoms with Crippen LogP contribution in [0.2, 0.25) is 0 Å². The maximum Gasteiger partial charge on any atom is 0.137 e. The molecule has 2 aromatic carbocycles. The first-order valence-corrected chi connectivity index (χ1v) is 18.8. The first-order chi connectivity index (χ1) is 25.7. The van der Waals surface area contributed by atoms with Gasteiger partial charge in [0.15, 0.2) is 0 Å². The normalized spacial score (nSPS) is 26.5. The first kappa shape index (κ1) is 34.0. The standard InChI is InChI=1S/C41H38F2N5O4S/c1-4-41(2)20-26-7-8-31(48(26)49)28-16-24(21-44-40(28)41)37-36-35-30(43)17-25(42)18-34(35)52-13-12-50-10-5-6-11-51-33-19-32-23(22-45-47(32)3)15-29(33)38(46-37)27-9-14-53-39(27)36/h4-6,9,14-19,21-22,26,28,31,40H,1,7-8,10-13,20H2,2-3H3/q-1/b6-5+/t26-,28?,31+,40?,41?/m0/s1. The number of allylic oxidation sites excluding steroid dienone is 1. The largest absolute Gasteiger partial charge is 0.785 e. The van der Waals surface area contributed by atoms with Crippen molar-refractivity contribution in [2.45, 2.75) is 44.3 Å². The summed E-state index contributed by atoms with van der Waals surface area (Å²) in [5, 5.41) is 23.1. The lowest BCUT2D eigenvalue weighted by molar-refractivity contribution is 0.120. The Bertz CT molecular complexity index is 2370. The molecule has 5 aromatic rings. The van der Waals surface area contributed by atoms with Gasteiger partial charge < -0.3 is 24.5 Å². The molecule has 2 saturated heterocycles. The Kier molecular flexibility index (Phi) is 8.53. The minimum absolute atomic E-state index is 0.0431. The number of thiophene rings is 1. The second-order valence-electron chi connectivity index (χ2n) is 14.5. The summed E-state index contributed by atoms with van der Waals surface area (Å²) in [6.07, 6.45) is 13.6. The Morgan fingerprint density at radius 1 is 1.04 bits per heavy atom. The number of hydrogen-bond acceptors (Lipinski definition) is 9. The van der Waals surface area contributed by atoms with Gasteiger partial charge in [-0.1, -0.05) is 25.2 Å². The number of rotatable bonds is 2. The van der Waals surface area contributed by atoms with Crippen molar-refractivity contribution in [3.63, 3.8) is 0 Å². The number of nitrogens with zero attached hydrogens (tertiary/aromatic N) is 5. The van der Waals surface area contributed by atoms with Crippen LogP contribution >= 0.6 is 11.3 Å². The van der Waals surface area contributed by atoms with E-state index >= 15 is 4.39 Å². The number of aryl methyl sites for hydroxylation is 1. The third-order valence-electron chi connectivity index (χ3n) is 11.3. The topological polar surface area (TPSA) is 97.1 Å². The number of dihydropyridines is 1. The van der Waals surface area contributed by atoms with Crippen molar-refractivity contribution in [3.8, 4) is 33.9 Å². The fraction of sp³-hybridized carbons (Fsp3) is 0.341. The van der Waals surface area contributed by atoms with Crippen molar-refractivity contribution in [2.24, 2.45) is 23.4 Å². The predicted octanol–water partition coefficient (Wildman–Crippen LogP) is 8.52. The minimum atomic E-state index is -0.780. The summed E-state index contributed by atoms with van der Waals surface area (Å²) in [7, 11) is 1.88. The highest BCUT2D eigenvalue weighted by molar-refractivity contribution is 7.18. The van der Waals surface area contributed by atoms with Crippen molar-refractivity contribution in [3.05, 3.63) is 95.3 Å². The molecule has 0 spiro atoms. The molecular weight excluding hydrogens is 697 g/mol. The van der Waals surface area contributed by atoms with E-state index in [2.05, 4.69) is 24.7 Å². The quantitative estimate of drug-likeness (QED) is 0.168. The van der Waals surface area contributed by atoms with E-state index in [1.807, 2.05) is 48.9 Å². The lowest BCUT2D eigenvalue weighted by atomic mass is 9.68. The van der Waals surface area contributed by atoms with E-state index in [4.69, 9.17) is 24.2 Å². The average molecular weight is 735 g/mol. The Morgan fingerprint density at radius 3 is 2.77 bits per heavy atom. The molecule has 0 amide bonds. The van der Waals surface area contributed by atoms with Gasteiger partial charge >= 0.3 is 0 Å². The summed E-state index contributed by atoms with van der Waals surface area (Å²) in [5.74, 6) is -1.14. The molecule has 3 unspecified atom stereocenters. The van der Waals surface area contributed by atoms with Crippen molar-refractivity contribution in [2.75, 3.05) is 26.4 Å². The maximum absolute atomic E-state index is 16.5. The zero-order valence-electron chi connectivity index (χ0n) is 29.4. The lowest BCUT2D eigenvalue weighted by Crippen LogP contribution is -2.41. The summed E-state index contributed by atoms with van der Waals surface area (Å²) in [6.45, 7) is 7.15. The number of aliphatic imine (C=N–C) groups is 1. The smallest absolute Gasteiger partial charge is 0.137 e. The highest BCUT2D eigenvalue weighted by atomic mass is 32.1. The van der Waals surface area contributed by atoms with E-state index in [1.54, 1.807) is 17.1 Å². The summed E-state index contributed by atoms with van der Waals surface area (Å²) in [4.78, 5) is 10.6. The number of pyridine rings is 1. The van der Waals surface area contributed by atoms with Gasteiger partial charge in [-0.05, 0) is 48.9 Å². The van der Waals surface area contributed by atoms with Gasteiger partial charge in [-0.2, -0.15) is 5.10 Å². The van der Waals surface area contributed by atoms with Gasteiger partial charge in [-0.25, -0.2) is 13.8 Å². The Balaban J connectivity index is 1.34. The van der Waals surface area contributed by atoms with Crippen LogP contribution in [0, 0.1) is 28.2 Å². The lowest BCUT2D eigenvalue weighted by Gasteiger charge is -2.40. The number of fused-ring (bicyclic) bond motifs is 9. The first-order valence-electron chi connectivity index (χ1n) is 17.9. The van der Waals surface area contributed by atoms with Crippen LogP contribution < -0.4 is 9.47 Å². The van der Waals surface area contributed by atoms with Gasteiger partial charge in [0.1, 0.15) is 36.3 Å². The molecule has 53 heavy (non-hydrogen) atoms. The van der Waals surface area contributed by atoms with Crippen LogP contribution in [0.1, 0.15) is 31.9 Å². The third-order valence-corrected chi connectivity index (χ3v) is 12.2. The fourth-order valence-corrected chi connectivity index (χ4v) is 9.59. The second-order valence-corrected chi connectivity index (χ2v) is 15.4. The number of aromatic nitrogens is 3. The molecule has 0 aliphatic carbocycles. The number of hydrogen-bond donors (Lipinski definition) is 0. The SMILES string of the molecule is C=CC1(C)C[C@@H]2CC[C@H](C3C=C(c4nc5c6ccsc6c4-c4c(F)cc(F)cc4OCCOC/C=C/COc4cc6c(cnn6C)cc4-5)C=NC31)N2[O-]. The molecule has 4 bridgehead atoms. The molecular formula is C41H38F2N5O4S-. The van der Waals surface area contributed by atoms with E-state index < -0.39 is 17.0 Å². The summed E-state index contributed by atoms with van der Waals surface area (Å²) < 4.78 is 52.2. The van der Waals surface area contributed by atoms with E-state index in [9.17, 15) is 9.60 Å². The van der Waals surface area contributed by atoms with Gasteiger partial charge in [-0.15, -0.1) is 17.9 Å². The number of ether oxygens (including phenoxy) is 3. The van der Waals surface area contributed by atoms with Gasteiger partial charge in [0, 0.05) is 81.0 Å². The molecule has 7 heterocycles. The molecule has 9 nitrogen and oxygen atoms in total. The van der Waals surface area contributed by atoms with Gasteiger partial charge in [0.2, 0.25) is 0 Å². The van der Waals surface area contributed by atoms with Gasteiger partial charge in [0.05, 0.1) is 47.9 Å². The maximum atomic E-state index is 16.5. The molecule has 0 N–H and O–H groups in total. The van der Waals surface area contributed by atoms with Crippen LogP contribution in [0.25, 0.3) is 48.9 Å². The summed E-state index contributed by atoms with van der Waals surface area (Å²) in [6, 6.07) is 7.44. The molecule has 0 saturated carbocycles. The molecule has 4 aliphatic heterocycles. The predicted molar refractivity (Wildman–Crippen MR) is 204 cm³/mol. The molecule has 9 rings (SSSR count). The number of halogens is 2. The third kappa shape index (κ3) is 5.70. The molecule has 3 aromatic heterocycles. The molecule has 4 aliphatic rings. The van der Waals surface area contributed by atoms with Crippen LogP contribution in [0.5, 0.6) is 11.5 Å². The van der Waals surface area contributed by atoms with E-state index in [0.717, 1.165) is 45.5 Å². The molecule has 0 radical (unpaired) electrons. The van der Waals surface area contributed by atoms with Crippen LogP contribution in [-0.4, -0.2) is 70.6 Å². The van der Waals surface area contributed by atoms with Crippen molar-refractivity contribution >= 4 is 44.1 Å². The molecule has 272 valence electrons. The summed E-state index contributed by atoms with van der Waals surface area (Å²) in [5.41, 5.74) is 3.49. The highest BCUT2D eigenvalue weighted by Crippen LogP contribution is 2.52. The summed E-state index contributed by atoms with van der Waals surface area (Å²) >= 11 is 1.44. The Morgan fingerprint density at radius 2 is 1.91 bits per heavy atom. The monoisotopic (exact) mass is 734 g/mol. The van der Waals surface area contributed by atoms with Crippen molar-refractivity contribution in [1.29, 1.82) is 0 Å². The number of hydroxylamine groups is 2. The van der Waals surface area contributed by atoms with E-state index in [0.29, 0.717) is 41.3 Å². The zero-order valence-corrected chi connectivity index (χ0v) is 30.2.